The number of pyridine rings is 1. The molecule has 0 saturated heterocycles. The fourth-order valence-corrected chi connectivity index (χ4v) is 3.42. The molecule has 7 nitrogen and oxygen atoms in total. The Morgan fingerprint density at radius 2 is 1.68 bits per heavy atom. The number of rotatable bonds is 7. The molecule has 1 aromatic carbocycles. The molecule has 0 bridgehead atoms. The first-order valence-corrected chi connectivity index (χ1v) is 9.48. The average molecular weight is 385 g/mol. The molecule has 1 aliphatic carbocycles. The van der Waals surface area contributed by atoms with Gasteiger partial charge in [-0.15, -0.1) is 0 Å². The van der Waals surface area contributed by atoms with Crippen LogP contribution < -0.4 is 24.8 Å². The van der Waals surface area contributed by atoms with Crippen LogP contribution in [0, 0.1) is 0 Å². The Kier molecular flexibility index (Phi) is 6.57. The van der Waals surface area contributed by atoms with Crippen molar-refractivity contribution in [3.8, 4) is 17.2 Å². The summed E-state index contributed by atoms with van der Waals surface area (Å²) in [4.78, 5) is 17.1. The van der Waals surface area contributed by atoms with Crippen molar-refractivity contribution in [1.29, 1.82) is 0 Å². The van der Waals surface area contributed by atoms with Crippen LogP contribution in [0.3, 0.4) is 0 Å². The number of benzene rings is 1. The molecule has 0 atom stereocenters. The molecule has 0 unspecified atom stereocenters. The van der Waals surface area contributed by atoms with E-state index < -0.39 is 0 Å². The van der Waals surface area contributed by atoms with Crippen molar-refractivity contribution >= 4 is 17.4 Å². The van der Waals surface area contributed by atoms with Gasteiger partial charge in [0, 0.05) is 11.6 Å². The topological polar surface area (TPSA) is 81.7 Å². The number of nitrogens with one attached hydrogen (secondary N) is 2. The van der Waals surface area contributed by atoms with E-state index in [4.69, 9.17) is 14.2 Å². The van der Waals surface area contributed by atoms with Crippen LogP contribution in [-0.4, -0.2) is 38.3 Å². The van der Waals surface area contributed by atoms with E-state index in [1.807, 2.05) is 12.1 Å². The third-order valence-corrected chi connectivity index (χ3v) is 4.91. The molecule has 0 aliphatic heterocycles. The number of carbonyl (C=O) groups excluding carboxylic acids is 1. The molecule has 28 heavy (non-hydrogen) atoms. The number of methoxy groups -OCH3 is 3. The van der Waals surface area contributed by atoms with Gasteiger partial charge in [-0.2, -0.15) is 0 Å². The van der Waals surface area contributed by atoms with E-state index >= 15 is 0 Å². The van der Waals surface area contributed by atoms with E-state index in [1.54, 1.807) is 18.3 Å². The van der Waals surface area contributed by atoms with Gasteiger partial charge in [0.25, 0.3) is 5.91 Å². The highest BCUT2D eigenvalue weighted by Gasteiger charge is 2.17. The third kappa shape index (κ3) is 4.65. The van der Waals surface area contributed by atoms with Crippen LogP contribution in [0.5, 0.6) is 17.2 Å². The minimum absolute atomic E-state index is 0.283. The Balaban J connectivity index is 1.68. The number of carbonyl (C=O) groups is 1. The Hall–Kier alpha value is -2.96. The van der Waals surface area contributed by atoms with Gasteiger partial charge in [0.15, 0.2) is 11.5 Å². The molecule has 1 fully saturated rings. The lowest BCUT2D eigenvalue weighted by Crippen LogP contribution is -2.22. The van der Waals surface area contributed by atoms with Gasteiger partial charge in [0.2, 0.25) is 5.75 Å². The first kappa shape index (κ1) is 19.8. The Morgan fingerprint density at radius 1 is 1.00 bits per heavy atom. The molecule has 0 spiro atoms. The first-order chi connectivity index (χ1) is 13.6. The fraction of sp³-hybridized carbons (Fsp3) is 0.429. The highest BCUT2D eigenvalue weighted by molar-refractivity contribution is 6.05. The number of anilines is 2. The van der Waals surface area contributed by atoms with Crippen molar-refractivity contribution in [3.05, 3.63) is 36.0 Å². The van der Waals surface area contributed by atoms with Crippen LogP contribution in [0.4, 0.5) is 11.5 Å². The van der Waals surface area contributed by atoms with Gasteiger partial charge in [-0.05, 0) is 37.1 Å². The van der Waals surface area contributed by atoms with Gasteiger partial charge < -0.3 is 24.8 Å². The SMILES string of the molecule is COc1cc(C(=O)Nc2ccc(NC3CCCCC3)nc2)cc(OC)c1OC. The molecule has 150 valence electrons. The second-order valence-electron chi connectivity index (χ2n) is 6.78. The molecule has 1 aliphatic rings. The molecular weight excluding hydrogens is 358 g/mol. The summed E-state index contributed by atoms with van der Waals surface area (Å²) in [7, 11) is 4.55. The Labute approximate surface area is 165 Å². The van der Waals surface area contributed by atoms with Gasteiger partial charge in [-0.1, -0.05) is 19.3 Å². The summed E-state index contributed by atoms with van der Waals surface area (Å²) in [5, 5.41) is 6.31. The van der Waals surface area contributed by atoms with Crippen molar-refractivity contribution in [2.45, 2.75) is 38.1 Å². The zero-order chi connectivity index (χ0) is 19.9. The van der Waals surface area contributed by atoms with Gasteiger partial charge in [-0.3, -0.25) is 4.79 Å². The minimum atomic E-state index is -0.283. The normalized spacial score (nSPS) is 14.2. The smallest absolute Gasteiger partial charge is 0.255 e. The minimum Gasteiger partial charge on any atom is -0.493 e. The summed E-state index contributed by atoms with van der Waals surface area (Å²) in [6.45, 7) is 0. The van der Waals surface area contributed by atoms with E-state index in [0.717, 1.165) is 5.82 Å². The van der Waals surface area contributed by atoms with Crippen LogP contribution >= 0.6 is 0 Å². The van der Waals surface area contributed by atoms with Gasteiger partial charge in [0.05, 0.1) is 33.2 Å². The Morgan fingerprint density at radius 3 is 2.21 bits per heavy atom. The summed E-state index contributed by atoms with van der Waals surface area (Å²) in [5.41, 5.74) is 1.02. The van der Waals surface area contributed by atoms with E-state index in [-0.39, 0.29) is 5.91 Å². The van der Waals surface area contributed by atoms with Crippen LogP contribution in [0.1, 0.15) is 42.5 Å². The number of aromatic nitrogens is 1. The molecule has 7 heteroatoms. The van der Waals surface area contributed by atoms with E-state index in [0.29, 0.717) is 34.5 Å². The molecular formula is C21H27N3O4. The monoisotopic (exact) mass is 385 g/mol. The predicted molar refractivity (Wildman–Crippen MR) is 109 cm³/mol. The molecule has 2 aromatic rings. The average Bonchev–Trinajstić information content (AvgIpc) is 2.74. The molecule has 1 heterocycles. The fourth-order valence-electron chi connectivity index (χ4n) is 3.42. The van der Waals surface area contributed by atoms with Gasteiger partial charge >= 0.3 is 0 Å². The number of amides is 1. The number of hydrogen-bond acceptors (Lipinski definition) is 6. The van der Waals surface area contributed by atoms with Crippen molar-refractivity contribution in [2.24, 2.45) is 0 Å². The molecule has 1 aromatic heterocycles. The summed E-state index contributed by atoms with van der Waals surface area (Å²) in [5.74, 6) is 1.85. The second kappa shape index (κ2) is 9.30. The standard InChI is InChI=1S/C21H27N3O4/c1-26-17-11-14(12-18(27-2)20(17)28-3)21(25)24-16-9-10-19(22-13-16)23-15-7-5-4-6-8-15/h9-13,15H,4-8H2,1-3H3,(H,22,23)(H,24,25). The summed E-state index contributed by atoms with van der Waals surface area (Å²) in [6, 6.07) is 7.44. The maximum atomic E-state index is 12.6. The highest BCUT2D eigenvalue weighted by atomic mass is 16.5. The van der Waals surface area contributed by atoms with Crippen LogP contribution in [0.15, 0.2) is 30.5 Å². The lowest BCUT2D eigenvalue weighted by atomic mass is 9.95. The van der Waals surface area contributed by atoms with Gasteiger partial charge in [0.1, 0.15) is 5.82 Å². The molecule has 0 radical (unpaired) electrons. The van der Waals surface area contributed by atoms with Crippen LogP contribution in [0.2, 0.25) is 0 Å². The lowest BCUT2D eigenvalue weighted by molar-refractivity contribution is 0.102. The van der Waals surface area contributed by atoms with Crippen molar-refractivity contribution in [3.63, 3.8) is 0 Å². The molecule has 3 rings (SSSR count). The molecule has 1 saturated carbocycles. The lowest BCUT2D eigenvalue weighted by Gasteiger charge is -2.23. The largest absolute Gasteiger partial charge is 0.493 e. The number of ether oxygens (including phenoxy) is 3. The summed E-state index contributed by atoms with van der Waals surface area (Å²) >= 11 is 0. The van der Waals surface area contributed by atoms with Crippen molar-refractivity contribution < 1.29 is 19.0 Å². The van der Waals surface area contributed by atoms with Crippen LogP contribution in [0.25, 0.3) is 0 Å². The van der Waals surface area contributed by atoms with Crippen molar-refractivity contribution in [2.75, 3.05) is 32.0 Å². The third-order valence-electron chi connectivity index (χ3n) is 4.91. The van der Waals surface area contributed by atoms with E-state index in [1.165, 1.54) is 53.4 Å². The second-order valence-corrected chi connectivity index (χ2v) is 6.78. The first-order valence-electron chi connectivity index (χ1n) is 9.48. The maximum Gasteiger partial charge on any atom is 0.255 e. The van der Waals surface area contributed by atoms with Gasteiger partial charge in [-0.25, -0.2) is 4.98 Å². The summed E-state index contributed by atoms with van der Waals surface area (Å²) < 4.78 is 15.9. The summed E-state index contributed by atoms with van der Waals surface area (Å²) in [6.07, 6.45) is 7.86. The molecule has 2 N–H and O–H groups in total. The maximum absolute atomic E-state index is 12.6. The Bertz CT molecular complexity index is 777. The van der Waals surface area contributed by atoms with Crippen LogP contribution in [-0.2, 0) is 0 Å². The zero-order valence-electron chi connectivity index (χ0n) is 16.6. The number of hydrogen-bond donors (Lipinski definition) is 2. The quantitative estimate of drug-likeness (QED) is 0.747. The van der Waals surface area contributed by atoms with Crippen molar-refractivity contribution in [1.82, 2.24) is 4.98 Å². The van der Waals surface area contributed by atoms with E-state index in [9.17, 15) is 4.79 Å². The molecule has 1 amide bonds. The predicted octanol–water partition coefficient (Wildman–Crippen LogP) is 4.10. The highest BCUT2D eigenvalue weighted by Crippen LogP contribution is 2.38. The zero-order valence-corrected chi connectivity index (χ0v) is 16.6. The van der Waals surface area contributed by atoms with E-state index in [2.05, 4.69) is 15.6 Å². The number of nitrogens with zero attached hydrogens (tertiary/aromatic N) is 1.